The van der Waals surface area contributed by atoms with E-state index in [1.807, 2.05) is 19.1 Å². The van der Waals surface area contributed by atoms with Gasteiger partial charge >= 0.3 is 0 Å². The first-order valence-electron chi connectivity index (χ1n) is 9.54. The Morgan fingerprint density at radius 2 is 1.79 bits per heavy atom. The molecule has 2 aromatic carbocycles. The molecule has 29 heavy (non-hydrogen) atoms. The third-order valence-corrected chi connectivity index (χ3v) is 6.96. The highest BCUT2D eigenvalue weighted by Gasteiger charge is 2.33. The Hall–Kier alpha value is -2.71. The first-order chi connectivity index (χ1) is 13.8. The summed E-state index contributed by atoms with van der Waals surface area (Å²) in [6, 6.07) is 14.0. The number of aryl methyl sites for hydroxylation is 1. The molecule has 7 nitrogen and oxygen atoms in total. The van der Waals surface area contributed by atoms with Crippen LogP contribution in [0.3, 0.4) is 0 Å². The zero-order valence-corrected chi connectivity index (χ0v) is 17.4. The van der Waals surface area contributed by atoms with Gasteiger partial charge in [-0.05, 0) is 56.5 Å². The van der Waals surface area contributed by atoms with Crippen LogP contribution in [-0.2, 0) is 14.8 Å². The topological polar surface area (TPSA) is 105 Å². The van der Waals surface area contributed by atoms with Crippen molar-refractivity contribution in [2.75, 3.05) is 18.8 Å². The second kappa shape index (κ2) is 8.75. The molecule has 0 bridgehead atoms. The van der Waals surface area contributed by atoms with Gasteiger partial charge in [0.1, 0.15) is 0 Å². The summed E-state index contributed by atoms with van der Waals surface area (Å²) in [4.78, 5) is 12.8. The maximum absolute atomic E-state index is 12.9. The molecule has 0 aromatic heterocycles. The predicted molar refractivity (Wildman–Crippen MR) is 114 cm³/mol. The van der Waals surface area contributed by atoms with Gasteiger partial charge in [0, 0.05) is 18.8 Å². The summed E-state index contributed by atoms with van der Waals surface area (Å²) in [7, 11) is -3.62. The van der Waals surface area contributed by atoms with E-state index in [2.05, 4.69) is 10.5 Å². The molecule has 0 spiro atoms. The number of nitrogens with zero attached hydrogens (tertiary/aromatic N) is 2. The average molecular weight is 415 g/mol. The third-order valence-electron chi connectivity index (χ3n) is 5.08. The number of nitrogens with two attached hydrogens (primary N) is 1. The van der Waals surface area contributed by atoms with Gasteiger partial charge in [-0.25, -0.2) is 13.8 Å². The second-order valence-electron chi connectivity index (χ2n) is 7.31. The monoisotopic (exact) mass is 414 g/mol. The smallest absolute Gasteiger partial charge is 0.244 e. The molecule has 154 valence electrons. The predicted octanol–water partition coefficient (Wildman–Crippen LogP) is 2.52. The van der Waals surface area contributed by atoms with Crippen molar-refractivity contribution in [1.82, 2.24) is 9.73 Å². The quantitative estimate of drug-likeness (QED) is 0.445. The lowest BCUT2D eigenvalue weighted by Crippen LogP contribution is -2.44. The van der Waals surface area contributed by atoms with E-state index in [0.29, 0.717) is 30.8 Å². The van der Waals surface area contributed by atoms with Crippen molar-refractivity contribution >= 4 is 27.3 Å². The summed E-state index contributed by atoms with van der Waals surface area (Å²) >= 11 is 0. The number of carbonyl (C=O) groups excluding carboxylic acids is 1. The Balaban J connectivity index is 1.66. The molecule has 1 fully saturated rings. The van der Waals surface area contributed by atoms with Crippen LogP contribution in [0.2, 0.25) is 0 Å². The lowest BCUT2D eigenvalue weighted by molar-refractivity contribution is -0.126. The first-order valence-corrected chi connectivity index (χ1v) is 11.0. The molecule has 3 N–H and O–H groups in total. The normalized spacial score (nSPS) is 18.4. The van der Waals surface area contributed by atoms with Crippen LogP contribution in [0.1, 0.15) is 30.9 Å². The summed E-state index contributed by atoms with van der Waals surface area (Å²) in [6.45, 7) is 4.26. The molecule has 0 unspecified atom stereocenters. The van der Waals surface area contributed by atoms with Crippen LogP contribution in [0.5, 0.6) is 0 Å². The summed E-state index contributed by atoms with van der Waals surface area (Å²) in [5.41, 5.74) is 11.4. The lowest BCUT2D eigenvalue weighted by atomic mass is 9.99. The molecular weight excluding hydrogens is 388 g/mol. The van der Waals surface area contributed by atoms with Crippen molar-refractivity contribution in [3.63, 3.8) is 0 Å². The first kappa shape index (κ1) is 21.0. The van der Waals surface area contributed by atoms with Crippen molar-refractivity contribution in [3.8, 4) is 0 Å². The van der Waals surface area contributed by atoms with E-state index in [-0.39, 0.29) is 17.3 Å². The zero-order valence-electron chi connectivity index (χ0n) is 16.6. The number of piperidine rings is 1. The van der Waals surface area contributed by atoms with E-state index in [1.54, 1.807) is 43.3 Å². The number of carbonyl (C=O) groups is 1. The van der Waals surface area contributed by atoms with Crippen LogP contribution in [0.15, 0.2) is 58.5 Å². The number of nitrogens with one attached hydrogen (secondary N) is 1. The standard InChI is InChI=1S/C21H26N4O3S/c1-15-5-11-20(12-6-15)29(27,28)25-13-3-4-18(14-25)21(26)24-23-16(2)17-7-9-19(22)10-8-17/h5-12,18H,3-4,13-14,22H2,1-2H3,(H,24,26)/b23-16-/t18-/m1/s1. The molecular formula is C21H26N4O3S. The van der Waals surface area contributed by atoms with Crippen molar-refractivity contribution in [1.29, 1.82) is 0 Å². The molecule has 0 radical (unpaired) electrons. The van der Waals surface area contributed by atoms with E-state index in [0.717, 1.165) is 11.1 Å². The number of sulfonamides is 1. The minimum Gasteiger partial charge on any atom is -0.399 e. The number of benzene rings is 2. The number of hydrogen-bond acceptors (Lipinski definition) is 5. The second-order valence-corrected chi connectivity index (χ2v) is 9.25. The van der Waals surface area contributed by atoms with E-state index in [1.165, 1.54) is 4.31 Å². The summed E-state index contributed by atoms with van der Waals surface area (Å²) in [6.07, 6.45) is 1.26. The van der Waals surface area contributed by atoms with Gasteiger partial charge in [-0.1, -0.05) is 29.8 Å². The molecule has 1 heterocycles. The number of hydrazone groups is 1. The van der Waals surface area contributed by atoms with Crippen LogP contribution in [0, 0.1) is 12.8 Å². The molecule has 1 aliphatic rings. The third kappa shape index (κ3) is 5.02. The van der Waals surface area contributed by atoms with Gasteiger partial charge in [0.25, 0.3) is 0 Å². The molecule has 1 aliphatic heterocycles. The fourth-order valence-corrected chi connectivity index (χ4v) is 4.78. The summed E-state index contributed by atoms with van der Waals surface area (Å²) in [5, 5.41) is 4.16. The number of amides is 1. The number of hydrogen-bond donors (Lipinski definition) is 2. The highest BCUT2D eigenvalue weighted by atomic mass is 32.2. The SMILES string of the molecule is C/C(=N/NC(=O)[C@@H]1CCCN(S(=O)(=O)c2ccc(C)cc2)C1)c1ccc(N)cc1. The minimum atomic E-state index is -3.62. The molecule has 1 amide bonds. The fourth-order valence-electron chi connectivity index (χ4n) is 3.25. The summed E-state index contributed by atoms with van der Waals surface area (Å²) < 4.78 is 27.2. The Kier molecular flexibility index (Phi) is 6.34. The molecule has 0 saturated carbocycles. The van der Waals surface area contributed by atoms with Crippen LogP contribution in [-0.4, -0.2) is 37.4 Å². The minimum absolute atomic E-state index is 0.151. The van der Waals surface area contributed by atoms with Crippen LogP contribution in [0.25, 0.3) is 0 Å². The van der Waals surface area contributed by atoms with Crippen molar-refractivity contribution < 1.29 is 13.2 Å². The molecule has 1 saturated heterocycles. The number of nitrogen functional groups attached to an aromatic ring is 1. The Labute approximate surface area is 171 Å². The van der Waals surface area contributed by atoms with E-state index in [9.17, 15) is 13.2 Å². The van der Waals surface area contributed by atoms with Gasteiger partial charge in [-0.2, -0.15) is 9.41 Å². The largest absolute Gasteiger partial charge is 0.399 e. The molecule has 3 rings (SSSR count). The molecule has 8 heteroatoms. The Morgan fingerprint density at radius 1 is 1.14 bits per heavy atom. The highest BCUT2D eigenvalue weighted by molar-refractivity contribution is 7.89. The van der Waals surface area contributed by atoms with Crippen LogP contribution >= 0.6 is 0 Å². The Bertz CT molecular complexity index is 999. The lowest BCUT2D eigenvalue weighted by Gasteiger charge is -2.30. The van der Waals surface area contributed by atoms with E-state index >= 15 is 0 Å². The van der Waals surface area contributed by atoms with Gasteiger partial charge in [0.05, 0.1) is 16.5 Å². The Morgan fingerprint density at radius 3 is 2.45 bits per heavy atom. The van der Waals surface area contributed by atoms with Gasteiger partial charge in [-0.15, -0.1) is 0 Å². The molecule has 0 aliphatic carbocycles. The molecule has 1 atom stereocenters. The number of anilines is 1. The fraction of sp³-hybridized carbons (Fsp3) is 0.333. The van der Waals surface area contributed by atoms with Crippen molar-refractivity contribution in [2.24, 2.45) is 11.0 Å². The van der Waals surface area contributed by atoms with Crippen molar-refractivity contribution in [2.45, 2.75) is 31.6 Å². The van der Waals surface area contributed by atoms with Crippen LogP contribution in [0.4, 0.5) is 5.69 Å². The van der Waals surface area contributed by atoms with Gasteiger partial charge in [-0.3, -0.25) is 4.79 Å². The maximum atomic E-state index is 12.9. The highest BCUT2D eigenvalue weighted by Crippen LogP contribution is 2.24. The average Bonchev–Trinajstić information content (AvgIpc) is 2.72. The zero-order chi connectivity index (χ0) is 21.0. The van der Waals surface area contributed by atoms with Crippen molar-refractivity contribution in [3.05, 3.63) is 59.7 Å². The van der Waals surface area contributed by atoms with E-state index < -0.39 is 15.9 Å². The molecule has 2 aromatic rings. The van der Waals surface area contributed by atoms with Gasteiger partial charge in [0.2, 0.25) is 15.9 Å². The maximum Gasteiger partial charge on any atom is 0.244 e. The van der Waals surface area contributed by atoms with Gasteiger partial charge in [0.15, 0.2) is 0 Å². The number of rotatable bonds is 5. The van der Waals surface area contributed by atoms with Crippen LogP contribution < -0.4 is 11.2 Å². The van der Waals surface area contributed by atoms with Gasteiger partial charge < -0.3 is 5.73 Å². The van der Waals surface area contributed by atoms with E-state index in [4.69, 9.17) is 5.73 Å². The summed E-state index contributed by atoms with van der Waals surface area (Å²) in [5.74, 6) is -0.712.